The molecule has 1 N–H and O–H groups in total. The molecule has 0 radical (unpaired) electrons. The Labute approximate surface area is 139 Å². The molecule has 0 atom stereocenters. The van der Waals surface area contributed by atoms with Gasteiger partial charge in [-0.3, -0.25) is 0 Å². The zero-order valence-corrected chi connectivity index (χ0v) is 13.2. The molecule has 0 bridgehead atoms. The number of imidazole rings is 1. The first-order valence-corrected chi connectivity index (χ1v) is 8.13. The maximum atomic E-state index is 13.1. The highest BCUT2D eigenvalue weighted by Crippen LogP contribution is 2.28. The molecule has 0 amide bonds. The predicted octanol–water partition coefficient (Wildman–Crippen LogP) is 3.60. The number of aromatic amines is 1. The lowest BCUT2D eigenvalue weighted by Crippen LogP contribution is -2.26. The molecule has 4 rings (SSSR count). The molecule has 0 unspecified atom stereocenters. The maximum absolute atomic E-state index is 13.1. The first-order valence-electron chi connectivity index (χ1n) is 8.13. The molecule has 3 aromatic rings. The van der Waals surface area contributed by atoms with E-state index in [1.807, 2.05) is 30.3 Å². The summed E-state index contributed by atoms with van der Waals surface area (Å²) in [6.07, 6.45) is 6.98. The van der Waals surface area contributed by atoms with Crippen LogP contribution in [0.5, 0.6) is 0 Å². The van der Waals surface area contributed by atoms with Gasteiger partial charge in [0.25, 0.3) is 0 Å². The summed E-state index contributed by atoms with van der Waals surface area (Å²) in [4.78, 5) is 16.7. The molecule has 0 spiro atoms. The molecule has 24 heavy (non-hydrogen) atoms. The van der Waals surface area contributed by atoms with E-state index in [0.717, 1.165) is 40.6 Å². The van der Waals surface area contributed by atoms with E-state index in [-0.39, 0.29) is 5.92 Å². The minimum atomic E-state index is 0.287. The fraction of sp³-hybridized carbons (Fsp3) is 0.278. The van der Waals surface area contributed by atoms with E-state index in [4.69, 9.17) is 0 Å². The zero-order chi connectivity index (χ0) is 16.4. The van der Waals surface area contributed by atoms with E-state index in [0.29, 0.717) is 18.9 Å². The number of aromatic nitrogens is 4. The van der Waals surface area contributed by atoms with Crippen LogP contribution in [0.2, 0.25) is 0 Å². The van der Waals surface area contributed by atoms with Gasteiger partial charge in [-0.25, -0.2) is 15.0 Å². The number of hydrogen-bond acceptors (Lipinski definition) is 4. The van der Waals surface area contributed by atoms with E-state index >= 15 is 0 Å². The van der Waals surface area contributed by atoms with Crippen LogP contribution in [0.15, 0.2) is 48.9 Å². The van der Waals surface area contributed by atoms with Crippen molar-refractivity contribution in [3.8, 4) is 22.6 Å². The van der Waals surface area contributed by atoms with Crippen molar-refractivity contribution in [2.24, 2.45) is 0 Å². The molecule has 1 fully saturated rings. The SMILES string of the molecule is FN1CCC(c2ncc(-c3cnc(-c4ccccc4)nc3)[nH]2)CC1. The van der Waals surface area contributed by atoms with Crippen molar-refractivity contribution in [2.75, 3.05) is 13.1 Å². The van der Waals surface area contributed by atoms with E-state index in [1.54, 1.807) is 18.6 Å². The number of nitrogens with zero attached hydrogens (tertiary/aromatic N) is 4. The Morgan fingerprint density at radius 2 is 1.62 bits per heavy atom. The molecule has 2 aromatic heterocycles. The largest absolute Gasteiger partial charge is 0.342 e. The molecular weight excluding hydrogens is 305 g/mol. The smallest absolute Gasteiger partial charge is 0.159 e. The minimum absolute atomic E-state index is 0.287. The third-order valence-corrected chi connectivity index (χ3v) is 4.42. The average Bonchev–Trinajstić information content (AvgIpc) is 3.13. The molecular formula is C18H18FN5. The second-order valence-electron chi connectivity index (χ2n) is 6.03. The molecule has 0 saturated carbocycles. The zero-order valence-electron chi connectivity index (χ0n) is 13.2. The van der Waals surface area contributed by atoms with Crippen molar-refractivity contribution in [1.82, 2.24) is 25.1 Å². The molecule has 1 aromatic carbocycles. The summed E-state index contributed by atoms with van der Waals surface area (Å²) in [5.74, 6) is 1.91. The van der Waals surface area contributed by atoms with Gasteiger partial charge >= 0.3 is 0 Å². The third kappa shape index (κ3) is 3.05. The van der Waals surface area contributed by atoms with Gasteiger partial charge in [0.1, 0.15) is 5.82 Å². The van der Waals surface area contributed by atoms with E-state index < -0.39 is 0 Å². The van der Waals surface area contributed by atoms with Crippen LogP contribution in [0.25, 0.3) is 22.6 Å². The standard InChI is InChI=1S/C18H18FN5/c19-24-8-6-14(7-9-24)18-22-12-16(23-18)15-10-20-17(21-11-15)13-4-2-1-3-5-13/h1-5,10-12,14H,6-9H2,(H,22,23). The lowest BCUT2D eigenvalue weighted by molar-refractivity contribution is 0.0000578. The maximum Gasteiger partial charge on any atom is 0.159 e. The molecule has 1 aliphatic rings. The van der Waals surface area contributed by atoms with E-state index in [9.17, 15) is 4.48 Å². The number of hydrogen-bond donors (Lipinski definition) is 1. The van der Waals surface area contributed by atoms with Crippen LogP contribution in [0.3, 0.4) is 0 Å². The molecule has 122 valence electrons. The fourth-order valence-electron chi connectivity index (χ4n) is 3.02. The van der Waals surface area contributed by atoms with Crippen LogP contribution in [0, 0.1) is 0 Å². The second kappa shape index (κ2) is 6.49. The Morgan fingerprint density at radius 1 is 0.917 bits per heavy atom. The number of rotatable bonds is 3. The van der Waals surface area contributed by atoms with Gasteiger partial charge in [-0.05, 0) is 12.8 Å². The van der Waals surface area contributed by atoms with Gasteiger partial charge in [0.15, 0.2) is 5.82 Å². The summed E-state index contributed by atoms with van der Waals surface area (Å²) in [6, 6.07) is 9.88. The van der Waals surface area contributed by atoms with Crippen molar-refractivity contribution in [3.63, 3.8) is 0 Å². The van der Waals surface area contributed by atoms with Crippen LogP contribution in [-0.2, 0) is 0 Å². The van der Waals surface area contributed by atoms with Crippen molar-refractivity contribution in [2.45, 2.75) is 18.8 Å². The summed E-state index contributed by atoms with van der Waals surface area (Å²) in [5, 5.41) is 0.872. The van der Waals surface area contributed by atoms with Gasteiger partial charge in [-0.2, -0.15) is 0 Å². The predicted molar refractivity (Wildman–Crippen MR) is 89.7 cm³/mol. The number of piperidine rings is 1. The molecule has 1 aliphatic heterocycles. The van der Waals surface area contributed by atoms with E-state index in [1.165, 1.54) is 0 Å². The molecule has 1 saturated heterocycles. The van der Waals surface area contributed by atoms with Gasteiger partial charge in [-0.15, -0.1) is 9.60 Å². The van der Waals surface area contributed by atoms with Crippen LogP contribution in [0.1, 0.15) is 24.6 Å². The normalized spacial score (nSPS) is 16.4. The minimum Gasteiger partial charge on any atom is -0.342 e. The van der Waals surface area contributed by atoms with Crippen LogP contribution >= 0.6 is 0 Å². The Balaban J connectivity index is 1.52. The Bertz CT molecular complexity index is 792. The van der Waals surface area contributed by atoms with Gasteiger partial charge in [0.05, 0.1) is 11.9 Å². The number of halogens is 1. The van der Waals surface area contributed by atoms with Crippen molar-refractivity contribution in [1.29, 1.82) is 0 Å². The Morgan fingerprint density at radius 3 is 2.33 bits per heavy atom. The van der Waals surface area contributed by atoms with Gasteiger partial charge in [0.2, 0.25) is 0 Å². The van der Waals surface area contributed by atoms with Gasteiger partial charge in [-0.1, -0.05) is 30.3 Å². The summed E-state index contributed by atoms with van der Waals surface area (Å²) < 4.78 is 13.1. The van der Waals surface area contributed by atoms with Gasteiger partial charge < -0.3 is 4.98 Å². The third-order valence-electron chi connectivity index (χ3n) is 4.42. The number of H-pyrrole nitrogens is 1. The van der Waals surface area contributed by atoms with E-state index in [2.05, 4.69) is 19.9 Å². The highest BCUT2D eigenvalue weighted by atomic mass is 19.2. The molecule has 0 aliphatic carbocycles. The average molecular weight is 323 g/mol. The number of benzene rings is 1. The molecule has 6 heteroatoms. The van der Waals surface area contributed by atoms with Crippen LogP contribution in [-0.4, -0.2) is 38.1 Å². The summed E-state index contributed by atoms with van der Waals surface area (Å²) >= 11 is 0. The Kier molecular flexibility index (Phi) is 4.04. The monoisotopic (exact) mass is 323 g/mol. The number of nitrogens with one attached hydrogen (secondary N) is 1. The van der Waals surface area contributed by atoms with Crippen LogP contribution < -0.4 is 0 Å². The van der Waals surface area contributed by atoms with Crippen molar-refractivity contribution < 1.29 is 4.48 Å². The van der Waals surface area contributed by atoms with Crippen molar-refractivity contribution >= 4 is 0 Å². The summed E-state index contributed by atoms with van der Waals surface area (Å²) in [6.45, 7) is 0.936. The summed E-state index contributed by atoms with van der Waals surface area (Å²) in [7, 11) is 0. The first kappa shape index (κ1) is 15.0. The fourth-order valence-corrected chi connectivity index (χ4v) is 3.02. The van der Waals surface area contributed by atoms with Crippen molar-refractivity contribution in [3.05, 3.63) is 54.7 Å². The topological polar surface area (TPSA) is 57.7 Å². The quantitative estimate of drug-likeness (QED) is 0.748. The summed E-state index contributed by atoms with van der Waals surface area (Å²) in [5.41, 5.74) is 2.79. The first-order chi connectivity index (χ1) is 11.8. The van der Waals surface area contributed by atoms with Gasteiger partial charge in [0, 0.05) is 42.5 Å². The highest BCUT2D eigenvalue weighted by Gasteiger charge is 2.22. The molecule has 3 heterocycles. The Hall–Kier alpha value is -2.60. The second-order valence-corrected chi connectivity index (χ2v) is 6.03. The molecule has 5 nitrogen and oxygen atoms in total. The highest BCUT2D eigenvalue weighted by molar-refractivity contribution is 5.60. The lowest BCUT2D eigenvalue weighted by atomic mass is 9.97. The lowest BCUT2D eigenvalue weighted by Gasteiger charge is -2.24. The van der Waals surface area contributed by atoms with Crippen LogP contribution in [0.4, 0.5) is 4.48 Å².